The Morgan fingerprint density at radius 2 is 2.19 bits per heavy atom. The van der Waals surface area contributed by atoms with Crippen LogP contribution in [-0.4, -0.2) is 58.0 Å². The topological polar surface area (TPSA) is 87.7 Å². The summed E-state index contributed by atoms with van der Waals surface area (Å²) in [6.45, 7) is 2.75. The predicted molar refractivity (Wildman–Crippen MR) is 103 cm³/mol. The number of benzene rings is 1. The fourth-order valence-corrected chi connectivity index (χ4v) is 5.43. The first-order chi connectivity index (χ1) is 13.0. The average molecular weight is 396 g/mol. The number of sulfonamides is 1. The minimum absolute atomic E-state index is 0.0275. The number of ether oxygens (including phenoxy) is 1. The van der Waals surface area contributed by atoms with Gasteiger partial charge in [-0.25, -0.2) is 8.42 Å². The average Bonchev–Trinajstić information content (AvgIpc) is 3.22. The van der Waals surface area contributed by atoms with Gasteiger partial charge in [0.25, 0.3) is 0 Å². The second-order valence-corrected chi connectivity index (χ2v) is 9.28. The highest BCUT2D eigenvalue weighted by Gasteiger charge is 2.31. The first kappa shape index (κ1) is 20.3. The van der Waals surface area contributed by atoms with Crippen LogP contribution in [0, 0.1) is 5.92 Å². The third kappa shape index (κ3) is 5.07. The Morgan fingerprint density at radius 3 is 2.93 bits per heavy atom. The normalized spacial score (nSPS) is 24.0. The molecular weight excluding hydrogens is 366 g/mol. The van der Waals surface area contributed by atoms with E-state index in [1.807, 2.05) is 6.07 Å². The first-order valence-corrected chi connectivity index (χ1v) is 11.0. The Kier molecular flexibility index (Phi) is 6.86. The van der Waals surface area contributed by atoms with E-state index in [2.05, 4.69) is 10.6 Å². The van der Waals surface area contributed by atoms with Gasteiger partial charge in [0.2, 0.25) is 15.9 Å². The van der Waals surface area contributed by atoms with Crippen LogP contribution < -0.4 is 10.6 Å². The quantitative estimate of drug-likeness (QED) is 0.722. The van der Waals surface area contributed by atoms with Gasteiger partial charge in [0.05, 0.1) is 17.5 Å². The summed E-state index contributed by atoms with van der Waals surface area (Å²) in [5.74, 6) is 0.167. The zero-order valence-corrected chi connectivity index (χ0v) is 16.6. The number of carbonyl (C=O) groups is 1. The third-order valence-corrected chi connectivity index (χ3v) is 7.13. The fraction of sp³-hybridized carbons (Fsp3) is 0.632. The molecule has 150 valence electrons. The molecule has 2 aliphatic heterocycles. The Bertz CT molecular complexity index is 747. The molecule has 0 saturated carbocycles. The molecule has 2 atom stereocenters. The van der Waals surface area contributed by atoms with Gasteiger partial charge in [0.15, 0.2) is 0 Å². The van der Waals surface area contributed by atoms with Crippen molar-refractivity contribution < 1.29 is 17.9 Å². The van der Waals surface area contributed by atoms with Gasteiger partial charge in [-0.15, -0.1) is 0 Å². The molecule has 1 amide bonds. The van der Waals surface area contributed by atoms with Gasteiger partial charge < -0.3 is 15.4 Å². The Balaban J connectivity index is 1.60. The summed E-state index contributed by atoms with van der Waals surface area (Å²) in [6.07, 6.45) is 3.62. The van der Waals surface area contributed by atoms with Gasteiger partial charge in [0, 0.05) is 26.7 Å². The summed E-state index contributed by atoms with van der Waals surface area (Å²) in [5, 5.41) is 6.18. The van der Waals surface area contributed by atoms with Crippen LogP contribution in [0.1, 0.15) is 31.2 Å². The van der Waals surface area contributed by atoms with Crippen molar-refractivity contribution >= 4 is 15.9 Å². The molecule has 2 aliphatic rings. The lowest BCUT2D eigenvalue weighted by Gasteiger charge is -2.32. The summed E-state index contributed by atoms with van der Waals surface area (Å²) >= 11 is 0. The van der Waals surface area contributed by atoms with E-state index in [0.29, 0.717) is 31.1 Å². The Morgan fingerprint density at radius 1 is 1.33 bits per heavy atom. The Hall–Kier alpha value is -1.48. The van der Waals surface area contributed by atoms with Crippen LogP contribution in [0.25, 0.3) is 0 Å². The van der Waals surface area contributed by atoms with Crippen molar-refractivity contribution in [1.29, 1.82) is 0 Å². The largest absolute Gasteiger partial charge is 0.380 e. The van der Waals surface area contributed by atoms with Crippen molar-refractivity contribution in [1.82, 2.24) is 14.9 Å². The van der Waals surface area contributed by atoms with Crippen LogP contribution in [0.5, 0.6) is 0 Å². The highest BCUT2D eigenvalue weighted by molar-refractivity contribution is 7.89. The van der Waals surface area contributed by atoms with Crippen LogP contribution in [-0.2, 0) is 26.2 Å². The van der Waals surface area contributed by atoms with Crippen LogP contribution in [0.3, 0.4) is 0 Å². The molecule has 7 nitrogen and oxygen atoms in total. The highest BCUT2D eigenvalue weighted by atomic mass is 32.2. The zero-order chi connectivity index (χ0) is 19.3. The molecule has 2 unspecified atom stereocenters. The molecule has 27 heavy (non-hydrogen) atoms. The van der Waals surface area contributed by atoms with Crippen molar-refractivity contribution in [3.63, 3.8) is 0 Å². The smallest absolute Gasteiger partial charge is 0.243 e. The second-order valence-electron chi connectivity index (χ2n) is 7.35. The molecule has 2 heterocycles. The molecule has 2 saturated heterocycles. The van der Waals surface area contributed by atoms with Crippen molar-refractivity contribution in [2.75, 3.05) is 33.3 Å². The van der Waals surface area contributed by atoms with E-state index in [-0.39, 0.29) is 17.9 Å². The fourth-order valence-electron chi connectivity index (χ4n) is 3.80. The number of hydrogen-bond acceptors (Lipinski definition) is 5. The number of nitrogens with one attached hydrogen (secondary N) is 2. The number of piperidine rings is 1. The Labute approximate surface area is 161 Å². The van der Waals surface area contributed by atoms with Gasteiger partial charge in [-0.3, -0.25) is 4.79 Å². The minimum Gasteiger partial charge on any atom is -0.380 e. The summed E-state index contributed by atoms with van der Waals surface area (Å²) in [5.41, 5.74) is 0.837. The predicted octanol–water partition coefficient (Wildman–Crippen LogP) is 1.10. The number of carbonyl (C=O) groups excluding carboxylic acids is 1. The molecule has 1 aromatic carbocycles. The summed E-state index contributed by atoms with van der Waals surface area (Å²) in [7, 11) is -1.95. The van der Waals surface area contributed by atoms with Gasteiger partial charge in [-0.05, 0) is 55.8 Å². The number of rotatable bonds is 7. The van der Waals surface area contributed by atoms with Crippen molar-refractivity contribution in [2.24, 2.45) is 5.92 Å². The second kappa shape index (κ2) is 9.14. The molecule has 8 heteroatoms. The molecule has 0 bridgehead atoms. The van der Waals surface area contributed by atoms with Crippen LogP contribution in [0.4, 0.5) is 0 Å². The highest BCUT2D eigenvalue weighted by Crippen LogP contribution is 2.24. The molecule has 3 rings (SSSR count). The van der Waals surface area contributed by atoms with E-state index in [0.717, 1.165) is 37.8 Å². The molecule has 0 aliphatic carbocycles. The molecule has 1 aromatic rings. The molecule has 2 fully saturated rings. The van der Waals surface area contributed by atoms with Crippen molar-refractivity contribution in [3.05, 3.63) is 29.8 Å². The van der Waals surface area contributed by atoms with Crippen LogP contribution >= 0.6 is 0 Å². The molecule has 0 radical (unpaired) electrons. The zero-order valence-electron chi connectivity index (χ0n) is 15.8. The number of hydrogen-bond donors (Lipinski definition) is 2. The maximum Gasteiger partial charge on any atom is 0.243 e. The SMILES string of the molecule is COCc1cccc(S(=O)(=O)N2CCCC(CNC(=O)C3CCCN3)C2)c1. The van der Waals surface area contributed by atoms with Gasteiger partial charge in [0.1, 0.15) is 0 Å². The van der Waals surface area contributed by atoms with Gasteiger partial charge in [-0.2, -0.15) is 4.31 Å². The lowest BCUT2D eigenvalue weighted by atomic mass is 9.99. The van der Waals surface area contributed by atoms with Gasteiger partial charge in [-0.1, -0.05) is 12.1 Å². The van der Waals surface area contributed by atoms with Gasteiger partial charge >= 0.3 is 0 Å². The number of nitrogens with zero attached hydrogens (tertiary/aromatic N) is 1. The van der Waals surface area contributed by atoms with E-state index in [1.54, 1.807) is 29.6 Å². The molecule has 0 aromatic heterocycles. The molecule has 2 N–H and O–H groups in total. The third-order valence-electron chi connectivity index (χ3n) is 5.27. The van der Waals surface area contributed by atoms with E-state index in [1.165, 1.54) is 0 Å². The summed E-state index contributed by atoms with van der Waals surface area (Å²) < 4.78 is 32.7. The molecular formula is C19H29N3O4S. The standard InChI is InChI=1S/C19H29N3O4S/c1-26-14-15-5-2-7-17(11-15)27(24,25)22-10-4-6-16(13-22)12-21-19(23)18-8-3-9-20-18/h2,5,7,11,16,18,20H,3-4,6,8-10,12-14H2,1H3,(H,21,23). The van der Waals surface area contributed by atoms with Crippen molar-refractivity contribution in [2.45, 2.75) is 43.2 Å². The summed E-state index contributed by atoms with van der Waals surface area (Å²) in [4.78, 5) is 12.5. The lowest BCUT2D eigenvalue weighted by Crippen LogP contribution is -2.46. The van der Waals surface area contributed by atoms with E-state index < -0.39 is 10.0 Å². The lowest BCUT2D eigenvalue weighted by molar-refractivity contribution is -0.123. The van der Waals surface area contributed by atoms with E-state index in [9.17, 15) is 13.2 Å². The monoisotopic (exact) mass is 395 g/mol. The molecule has 0 spiro atoms. The first-order valence-electron chi connectivity index (χ1n) is 9.60. The van der Waals surface area contributed by atoms with Crippen molar-refractivity contribution in [3.8, 4) is 0 Å². The van der Waals surface area contributed by atoms with Crippen LogP contribution in [0.2, 0.25) is 0 Å². The van der Waals surface area contributed by atoms with E-state index in [4.69, 9.17) is 4.74 Å². The number of methoxy groups -OCH3 is 1. The summed E-state index contributed by atoms with van der Waals surface area (Å²) in [6, 6.07) is 6.81. The maximum absolute atomic E-state index is 13.0. The maximum atomic E-state index is 13.0. The number of amides is 1. The van der Waals surface area contributed by atoms with E-state index >= 15 is 0 Å². The minimum atomic E-state index is -3.54. The van der Waals surface area contributed by atoms with Crippen LogP contribution in [0.15, 0.2) is 29.2 Å².